The molecule has 1 atom stereocenters. The maximum Gasteiger partial charge on any atom is 0.376 e. The number of aromatic nitrogens is 2. The van der Waals surface area contributed by atoms with Crippen LogP contribution in [0.4, 0.5) is 0 Å². The van der Waals surface area contributed by atoms with Gasteiger partial charge in [-0.2, -0.15) is 5.10 Å². The molecular formula is C23H23N3O4. The third-order valence-corrected chi connectivity index (χ3v) is 4.70. The van der Waals surface area contributed by atoms with Crippen molar-refractivity contribution in [2.45, 2.75) is 26.3 Å². The SMILES string of the molecule is COC(=O)C(=O)C(Cc1ccccc1)NC(=O)c1cc(C)nn1-c1ccccc1C. The zero-order chi connectivity index (χ0) is 21.7. The number of carbonyl (C=O) groups excluding carboxylic acids is 3. The zero-order valence-electron chi connectivity index (χ0n) is 17.1. The fraction of sp³-hybridized carbons (Fsp3) is 0.217. The van der Waals surface area contributed by atoms with E-state index in [1.165, 1.54) is 0 Å². The molecule has 0 aliphatic carbocycles. The minimum Gasteiger partial charge on any atom is -0.463 e. The first kappa shape index (κ1) is 21.0. The number of nitrogens with zero attached hydrogens (tertiary/aromatic N) is 2. The molecule has 7 heteroatoms. The number of rotatable bonds is 7. The van der Waals surface area contributed by atoms with Crippen molar-refractivity contribution in [3.8, 4) is 5.69 Å². The molecule has 1 unspecified atom stereocenters. The Labute approximate surface area is 174 Å². The molecule has 0 aliphatic heterocycles. The molecular weight excluding hydrogens is 382 g/mol. The Hall–Kier alpha value is -3.74. The number of nitrogens with one attached hydrogen (secondary N) is 1. The van der Waals surface area contributed by atoms with E-state index in [2.05, 4.69) is 15.2 Å². The highest BCUT2D eigenvalue weighted by molar-refractivity contribution is 6.36. The first-order valence-electron chi connectivity index (χ1n) is 9.50. The Morgan fingerprint density at radius 2 is 1.70 bits per heavy atom. The smallest absolute Gasteiger partial charge is 0.376 e. The van der Waals surface area contributed by atoms with Crippen LogP contribution in [0.2, 0.25) is 0 Å². The summed E-state index contributed by atoms with van der Waals surface area (Å²) < 4.78 is 6.12. The molecule has 154 valence electrons. The van der Waals surface area contributed by atoms with Crippen LogP contribution in [-0.2, 0) is 20.7 Å². The van der Waals surface area contributed by atoms with Crippen LogP contribution in [0.15, 0.2) is 60.7 Å². The lowest BCUT2D eigenvalue weighted by Gasteiger charge is -2.17. The summed E-state index contributed by atoms with van der Waals surface area (Å²) in [6, 6.07) is 17.3. The van der Waals surface area contributed by atoms with Crippen LogP contribution < -0.4 is 5.32 Å². The van der Waals surface area contributed by atoms with Crippen LogP contribution in [0.3, 0.4) is 0 Å². The molecule has 30 heavy (non-hydrogen) atoms. The molecule has 1 amide bonds. The molecule has 7 nitrogen and oxygen atoms in total. The summed E-state index contributed by atoms with van der Waals surface area (Å²) in [6.45, 7) is 3.71. The van der Waals surface area contributed by atoms with E-state index in [0.717, 1.165) is 23.9 Å². The molecule has 0 radical (unpaired) electrons. The van der Waals surface area contributed by atoms with Crippen LogP contribution in [0.1, 0.15) is 27.3 Å². The van der Waals surface area contributed by atoms with Gasteiger partial charge in [0.1, 0.15) is 11.7 Å². The highest BCUT2D eigenvalue weighted by Gasteiger charge is 2.29. The van der Waals surface area contributed by atoms with Crippen molar-refractivity contribution in [1.29, 1.82) is 0 Å². The van der Waals surface area contributed by atoms with Crippen LogP contribution in [-0.4, -0.2) is 40.6 Å². The number of benzene rings is 2. The van der Waals surface area contributed by atoms with Crippen molar-refractivity contribution in [2.24, 2.45) is 0 Å². The molecule has 1 aromatic heterocycles. The Morgan fingerprint density at radius 1 is 1.03 bits per heavy atom. The summed E-state index contributed by atoms with van der Waals surface area (Å²) in [5, 5.41) is 7.12. The summed E-state index contributed by atoms with van der Waals surface area (Å²) in [6.07, 6.45) is 0.165. The normalized spacial score (nSPS) is 11.6. The number of hydrogen-bond acceptors (Lipinski definition) is 5. The number of hydrogen-bond donors (Lipinski definition) is 1. The fourth-order valence-electron chi connectivity index (χ4n) is 3.18. The summed E-state index contributed by atoms with van der Waals surface area (Å²) in [7, 11) is 1.14. The van der Waals surface area contributed by atoms with Crippen LogP contribution in [0.25, 0.3) is 5.69 Å². The molecule has 0 spiro atoms. The standard InChI is InChI=1S/C23H23N3O4/c1-15-9-7-8-12-19(15)26-20(13-16(2)25-26)22(28)24-18(21(27)23(29)30-3)14-17-10-5-4-6-11-17/h4-13,18H,14H2,1-3H3,(H,24,28). The highest BCUT2D eigenvalue weighted by Crippen LogP contribution is 2.17. The van der Waals surface area contributed by atoms with Gasteiger partial charge in [0.25, 0.3) is 11.7 Å². The van der Waals surface area contributed by atoms with Gasteiger partial charge in [-0.25, -0.2) is 9.48 Å². The summed E-state index contributed by atoms with van der Waals surface area (Å²) in [4.78, 5) is 37.5. The molecule has 1 N–H and O–H groups in total. The Balaban J connectivity index is 1.92. The summed E-state index contributed by atoms with van der Waals surface area (Å²) in [5.41, 5.74) is 3.44. The fourth-order valence-corrected chi connectivity index (χ4v) is 3.18. The molecule has 3 aromatic rings. The third kappa shape index (κ3) is 4.63. The second-order valence-corrected chi connectivity index (χ2v) is 6.94. The molecule has 0 fully saturated rings. The highest BCUT2D eigenvalue weighted by atomic mass is 16.5. The van der Waals surface area contributed by atoms with Gasteiger partial charge in [0.05, 0.1) is 18.5 Å². The van der Waals surface area contributed by atoms with Crippen LogP contribution in [0.5, 0.6) is 0 Å². The second kappa shape index (κ2) is 9.17. The van der Waals surface area contributed by atoms with E-state index in [9.17, 15) is 14.4 Å². The summed E-state index contributed by atoms with van der Waals surface area (Å²) in [5.74, 6) is -2.31. The first-order valence-corrected chi connectivity index (χ1v) is 9.50. The molecule has 1 heterocycles. The quantitative estimate of drug-likeness (QED) is 0.482. The molecule has 0 aliphatic rings. The van der Waals surface area contributed by atoms with Gasteiger partial charge in [0.15, 0.2) is 0 Å². The number of ether oxygens (including phenoxy) is 1. The van der Waals surface area contributed by atoms with Crippen molar-refractivity contribution in [2.75, 3.05) is 7.11 Å². The monoisotopic (exact) mass is 405 g/mol. The zero-order valence-corrected chi connectivity index (χ0v) is 17.1. The van der Waals surface area contributed by atoms with E-state index in [4.69, 9.17) is 0 Å². The summed E-state index contributed by atoms with van der Waals surface area (Å²) >= 11 is 0. The number of carbonyl (C=O) groups is 3. The minimum atomic E-state index is -1.06. The predicted molar refractivity (Wildman–Crippen MR) is 111 cm³/mol. The number of amides is 1. The molecule has 0 bridgehead atoms. The lowest BCUT2D eigenvalue weighted by Crippen LogP contribution is -2.46. The Bertz CT molecular complexity index is 1070. The van der Waals surface area contributed by atoms with Crippen molar-refractivity contribution in [3.63, 3.8) is 0 Å². The van der Waals surface area contributed by atoms with E-state index in [0.29, 0.717) is 5.69 Å². The van der Waals surface area contributed by atoms with Crippen molar-refractivity contribution < 1.29 is 19.1 Å². The van der Waals surface area contributed by atoms with Gasteiger partial charge in [-0.15, -0.1) is 0 Å². The topological polar surface area (TPSA) is 90.3 Å². The van der Waals surface area contributed by atoms with Gasteiger partial charge in [0.2, 0.25) is 0 Å². The number of aryl methyl sites for hydroxylation is 2. The Morgan fingerprint density at radius 3 is 2.37 bits per heavy atom. The molecule has 0 saturated heterocycles. The van der Waals surface area contributed by atoms with Gasteiger partial charge in [-0.05, 0) is 37.1 Å². The van der Waals surface area contributed by atoms with E-state index in [1.807, 2.05) is 61.5 Å². The van der Waals surface area contributed by atoms with E-state index in [-0.39, 0.29) is 12.1 Å². The number of ketones is 1. The van der Waals surface area contributed by atoms with Crippen molar-refractivity contribution in [1.82, 2.24) is 15.1 Å². The van der Waals surface area contributed by atoms with Crippen molar-refractivity contribution in [3.05, 3.63) is 83.2 Å². The minimum absolute atomic E-state index is 0.165. The first-order chi connectivity index (χ1) is 14.4. The van der Waals surface area contributed by atoms with E-state index < -0.39 is 23.7 Å². The predicted octanol–water partition coefficient (Wildman–Crippen LogP) is 2.57. The van der Waals surface area contributed by atoms with Gasteiger partial charge in [0, 0.05) is 6.42 Å². The Kier molecular flexibility index (Phi) is 6.41. The van der Waals surface area contributed by atoms with Crippen LogP contribution >= 0.6 is 0 Å². The van der Waals surface area contributed by atoms with Gasteiger partial charge < -0.3 is 10.1 Å². The van der Waals surface area contributed by atoms with Gasteiger partial charge >= 0.3 is 5.97 Å². The molecule has 0 saturated carbocycles. The van der Waals surface area contributed by atoms with E-state index >= 15 is 0 Å². The van der Waals surface area contributed by atoms with Gasteiger partial charge in [-0.1, -0.05) is 48.5 Å². The lowest BCUT2D eigenvalue weighted by molar-refractivity contribution is -0.152. The average Bonchev–Trinajstić information content (AvgIpc) is 3.14. The number of methoxy groups -OCH3 is 1. The maximum atomic E-state index is 13.1. The number of Topliss-reactive ketones (excluding diaryl/α,β-unsaturated/α-hetero) is 1. The third-order valence-electron chi connectivity index (χ3n) is 4.70. The van der Waals surface area contributed by atoms with Crippen LogP contribution in [0, 0.1) is 13.8 Å². The lowest BCUT2D eigenvalue weighted by atomic mass is 10.0. The van der Waals surface area contributed by atoms with Gasteiger partial charge in [-0.3, -0.25) is 9.59 Å². The van der Waals surface area contributed by atoms with E-state index in [1.54, 1.807) is 17.7 Å². The maximum absolute atomic E-state index is 13.1. The number of esters is 1. The second-order valence-electron chi connectivity index (χ2n) is 6.94. The average molecular weight is 405 g/mol. The van der Waals surface area contributed by atoms with Crippen molar-refractivity contribution >= 4 is 17.7 Å². The largest absolute Gasteiger partial charge is 0.463 e. The number of para-hydroxylation sites is 1. The molecule has 3 rings (SSSR count). The molecule has 2 aromatic carbocycles.